The number of rotatable bonds is 5. The average Bonchev–Trinajstić information content (AvgIpc) is 2.97. The van der Waals surface area contributed by atoms with Gasteiger partial charge in [-0.2, -0.15) is 0 Å². The Morgan fingerprint density at radius 1 is 1.25 bits per heavy atom. The Labute approximate surface area is 143 Å². The molecule has 0 saturated heterocycles. The van der Waals surface area contributed by atoms with E-state index in [1.165, 1.54) is 29.9 Å². The van der Waals surface area contributed by atoms with Crippen LogP contribution in [0.2, 0.25) is 0 Å². The molecule has 3 rings (SSSR count). The van der Waals surface area contributed by atoms with Crippen molar-refractivity contribution in [3.63, 3.8) is 0 Å². The number of carbonyl (C=O) groups is 1. The topological polar surface area (TPSA) is 77.0 Å². The Morgan fingerprint density at radius 3 is 2.71 bits per heavy atom. The van der Waals surface area contributed by atoms with Gasteiger partial charge in [-0.05, 0) is 38.1 Å². The van der Waals surface area contributed by atoms with E-state index >= 15 is 0 Å². The number of nitrogens with one attached hydrogen (secondary N) is 1. The molecule has 1 amide bonds. The summed E-state index contributed by atoms with van der Waals surface area (Å²) in [4.78, 5) is 25.5. The van der Waals surface area contributed by atoms with Crippen molar-refractivity contribution in [3.05, 3.63) is 53.4 Å². The lowest BCUT2D eigenvalue weighted by Gasteiger charge is -2.04. The van der Waals surface area contributed by atoms with Gasteiger partial charge in [0, 0.05) is 22.8 Å². The second-order valence-corrected chi connectivity index (χ2v) is 6.13. The zero-order chi connectivity index (χ0) is 16.9. The third-order valence-electron chi connectivity index (χ3n) is 3.25. The van der Waals surface area contributed by atoms with E-state index in [1.807, 2.05) is 38.1 Å². The van der Waals surface area contributed by atoms with E-state index in [-0.39, 0.29) is 11.6 Å². The molecule has 0 unspecified atom stereocenters. The van der Waals surface area contributed by atoms with Crippen LogP contribution in [0.5, 0.6) is 5.75 Å². The zero-order valence-corrected chi connectivity index (χ0v) is 14.1. The van der Waals surface area contributed by atoms with Crippen LogP contribution in [0.3, 0.4) is 0 Å². The van der Waals surface area contributed by atoms with Crippen molar-refractivity contribution in [3.8, 4) is 17.0 Å². The fraction of sp³-hybridized carbons (Fsp3) is 0.176. The van der Waals surface area contributed by atoms with Gasteiger partial charge in [-0.3, -0.25) is 15.1 Å². The molecule has 0 spiro atoms. The molecule has 0 aliphatic rings. The highest BCUT2D eigenvalue weighted by molar-refractivity contribution is 7.16. The van der Waals surface area contributed by atoms with E-state index in [0.29, 0.717) is 11.7 Å². The highest BCUT2D eigenvalue weighted by Gasteiger charge is 2.14. The van der Waals surface area contributed by atoms with Crippen LogP contribution in [0.15, 0.2) is 42.9 Å². The van der Waals surface area contributed by atoms with Crippen LogP contribution in [0, 0.1) is 6.92 Å². The van der Waals surface area contributed by atoms with Gasteiger partial charge in [0.25, 0.3) is 5.91 Å². The molecule has 0 saturated carbocycles. The maximum Gasteiger partial charge on any atom is 0.277 e. The van der Waals surface area contributed by atoms with Crippen molar-refractivity contribution in [2.45, 2.75) is 13.8 Å². The second kappa shape index (κ2) is 7.18. The molecule has 122 valence electrons. The van der Waals surface area contributed by atoms with E-state index in [2.05, 4.69) is 20.3 Å². The number of aryl methyl sites for hydroxylation is 1. The summed E-state index contributed by atoms with van der Waals surface area (Å²) < 4.78 is 5.45. The summed E-state index contributed by atoms with van der Waals surface area (Å²) in [6.45, 7) is 4.56. The fourth-order valence-electron chi connectivity index (χ4n) is 2.17. The molecular weight excluding hydrogens is 324 g/mol. The maximum atomic E-state index is 12.1. The lowest BCUT2D eigenvalue weighted by atomic mass is 10.1. The SMILES string of the molecule is CCOc1ccc(-c2nc(NC(=O)c3cnccn3)sc2C)cc1. The van der Waals surface area contributed by atoms with E-state index in [1.54, 1.807) is 0 Å². The van der Waals surface area contributed by atoms with Gasteiger partial charge in [0.1, 0.15) is 11.4 Å². The molecule has 3 aromatic rings. The van der Waals surface area contributed by atoms with Gasteiger partial charge in [0.05, 0.1) is 18.5 Å². The third-order valence-corrected chi connectivity index (χ3v) is 4.14. The van der Waals surface area contributed by atoms with Crippen LogP contribution in [0.25, 0.3) is 11.3 Å². The van der Waals surface area contributed by atoms with Gasteiger partial charge in [-0.15, -0.1) is 11.3 Å². The summed E-state index contributed by atoms with van der Waals surface area (Å²) in [5.74, 6) is 0.500. The number of benzene rings is 1. The Balaban J connectivity index is 1.78. The van der Waals surface area contributed by atoms with Gasteiger partial charge in [0.15, 0.2) is 5.13 Å². The highest BCUT2D eigenvalue weighted by Crippen LogP contribution is 2.31. The van der Waals surface area contributed by atoms with Crippen molar-refractivity contribution in [2.75, 3.05) is 11.9 Å². The minimum Gasteiger partial charge on any atom is -0.494 e. The van der Waals surface area contributed by atoms with Crippen LogP contribution >= 0.6 is 11.3 Å². The molecule has 0 bridgehead atoms. The minimum atomic E-state index is -0.324. The first-order valence-electron chi connectivity index (χ1n) is 7.45. The molecule has 24 heavy (non-hydrogen) atoms. The summed E-state index contributed by atoms with van der Waals surface area (Å²) in [5, 5.41) is 3.30. The van der Waals surface area contributed by atoms with Gasteiger partial charge < -0.3 is 4.74 Å². The van der Waals surface area contributed by atoms with Crippen LogP contribution in [0.1, 0.15) is 22.3 Å². The fourth-order valence-corrected chi connectivity index (χ4v) is 3.00. The lowest BCUT2D eigenvalue weighted by Crippen LogP contribution is -2.13. The number of aromatic nitrogens is 3. The molecule has 0 aliphatic heterocycles. The summed E-state index contributed by atoms with van der Waals surface area (Å²) in [5.41, 5.74) is 2.08. The van der Waals surface area contributed by atoms with Gasteiger partial charge in [-0.25, -0.2) is 9.97 Å². The number of anilines is 1. The van der Waals surface area contributed by atoms with E-state index < -0.39 is 0 Å². The summed E-state index contributed by atoms with van der Waals surface area (Å²) in [6.07, 6.45) is 4.42. The summed E-state index contributed by atoms with van der Waals surface area (Å²) in [7, 11) is 0. The van der Waals surface area contributed by atoms with Crippen LogP contribution in [0.4, 0.5) is 5.13 Å². The zero-order valence-electron chi connectivity index (χ0n) is 13.3. The Hall–Kier alpha value is -2.80. The van der Waals surface area contributed by atoms with Crippen LogP contribution in [-0.2, 0) is 0 Å². The molecule has 0 atom stereocenters. The number of amides is 1. The average molecular weight is 340 g/mol. The van der Waals surface area contributed by atoms with Gasteiger partial charge >= 0.3 is 0 Å². The molecule has 7 heteroatoms. The van der Waals surface area contributed by atoms with Crippen molar-refractivity contribution >= 4 is 22.4 Å². The molecule has 6 nitrogen and oxygen atoms in total. The normalized spacial score (nSPS) is 10.4. The smallest absolute Gasteiger partial charge is 0.277 e. The molecule has 0 fully saturated rings. The van der Waals surface area contributed by atoms with Gasteiger partial charge in [0.2, 0.25) is 0 Å². The van der Waals surface area contributed by atoms with Gasteiger partial charge in [-0.1, -0.05) is 0 Å². The first kappa shape index (κ1) is 16.1. The number of nitrogens with zero attached hydrogens (tertiary/aromatic N) is 3. The number of carbonyl (C=O) groups excluding carboxylic acids is 1. The molecule has 1 aromatic carbocycles. The summed E-state index contributed by atoms with van der Waals surface area (Å²) >= 11 is 1.42. The molecule has 2 aromatic heterocycles. The summed E-state index contributed by atoms with van der Waals surface area (Å²) in [6, 6.07) is 7.74. The van der Waals surface area contributed by atoms with E-state index in [4.69, 9.17) is 4.74 Å². The first-order chi connectivity index (χ1) is 11.7. The Bertz CT molecular complexity index is 832. The van der Waals surface area contributed by atoms with E-state index in [0.717, 1.165) is 21.9 Å². The molecule has 1 N–H and O–H groups in total. The monoisotopic (exact) mass is 340 g/mol. The highest BCUT2D eigenvalue weighted by atomic mass is 32.1. The van der Waals surface area contributed by atoms with E-state index in [9.17, 15) is 4.79 Å². The predicted octanol–water partition coefficient (Wildman–Crippen LogP) is 3.56. The first-order valence-corrected chi connectivity index (χ1v) is 8.27. The Morgan fingerprint density at radius 2 is 2.04 bits per heavy atom. The third kappa shape index (κ3) is 3.57. The van der Waals surface area contributed by atoms with Crippen LogP contribution < -0.4 is 10.1 Å². The molecule has 0 aliphatic carbocycles. The lowest BCUT2D eigenvalue weighted by molar-refractivity contribution is 0.102. The molecular formula is C17H16N4O2S. The number of ether oxygens (including phenoxy) is 1. The molecule has 0 radical (unpaired) electrons. The van der Waals surface area contributed by atoms with Crippen molar-refractivity contribution in [1.82, 2.24) is 15.0 Å². The number of hydrogen-bond donors (Lipinski definition) is 1. The van der Waals surface area contributed by atoms with Crippen molar-refractivity contribution < 1.29 is 9.53 Å². The maximum absolute atomic E-state index is 12.1. The van der Waals surface area contributed by atoms with Crippen molar-refractivity contribution in [1.29, 1.82) is 0 Å². The minimum absolute atomic E-state index is 0.257. The Kier molecular flexibility index (Phi) is 4.81. The largest absolute Gasteiger partial charge is 0.494 e. The second-order valence-electron chi connectivity index (χ2n) is 4.93. The number of thiazole rings is 1. The molecule has 2 heterocycles. The standard InChI is InChI=1S/C17H16N4O2S/c1-3-23-13-6-4-12(5-7-13)15-11(2)24-17(20-15)21-16(22)14-10-18-8-9-19-14/h4-10H,3H2,1-2H3,(H,20,21,22). The van der Waals surface area contributed by atoms with Crippen molar-refractivity contribution in [2.24, 2.45) is 0 Å². The number of hydrogen-bond acceptors (Lipinski definition) is 6. The quantitative estimate of drug-likeness (QED) is 0.768. The predicted molar refractivity (Wildman–Crippen MR) is 93.4 cm³/mol. The van der Waals surface area contributed by atoms with Crippen LogP contribution in [-0.4, -0.2) is 27.5 Å².